The Morgan fingerprint density at radius 3 is 2.86 bits per heavy atom. The summed E-state index contributed by atoms with van der Waals surface area (Å²) in [6.07, 6.45) is 0.748. The zero-order chi connectivity index (χ0) is 19.8. The maximum absolute atomic E-state index is 12.8. The molecule has 150 valence electrons. The van der Waals surface area contributed by atoms with Crippen molar-refractivity contribution in [3.8, 4) is 5.75 Å². The molecule has 28 heavy (non-hydrogen) atoms. The number of hydrogen-bond acceptors (Lipinski definition) is 6. The smallest absolute Gasteiger partial charge is 0.336 e. The Morgan fingerprint density at radius 2 is 2.11 bits per heavy atom. The molecule has 3 heterocycles. The maximum Gasteiger partial charge on any atom is 0.336 e. The molecule has 2 aliphatic rings. The van der Waals surface area contributed by atoms with E-state index in [1.165, 1.54) is 6.07 Å². The number of rotatable bonds is 4. The van der Waals surface area contributed by atoms with Crippen LogP contribution in [0.25, 0.3) is 11.0 Å². The number of morpholine rings is 1. The molecule has 7 heteroatoms. The number of fused-ring (bicyclic) bond motifs is 2. The second kappa shape index (κ2) is 7.56. The fraction of sp³-hybridized carbons (Fsp3) is 0.524. The molecule has 0 saturated carbocycles. The number of carbonyl (C=O) groups excluding carboxylic acids is 1. The van der Waals surface area contributed by atoms with Gasteiger partial charge in [-0.3, -0.25) is 9.69 Å². The third-order valence-electron chi connectivity index (χ3n) is 5.70. The summed E-state index contributed by atoms with van der Waals surface area (Å²) >= 11 is 0. The average Bonchev–Trinajstić information content (AvgIpc) is 3.10. The molecule has 1 amide bonds. The molecule has 2 fully saturated rings. The Hall–Kier alpha value is -2.38. The van der Waals surface area contributed by atoms with Gasteiger partial charge in [0.1, 0.15) is 11.3 Å². The van der Waals surface area contributed by atoms with Crippen LogP contribution in [-0.4, -0.2) is 67.7 Å². The lowest BCUT2D eigenvalue weighted by atomic mass is 10.1. The number of ether oxygens (including phenoxy) is 2. The Labute approximate surface area is 163 Å². The van der Waals surface area contributed by atoms with E-state index in [9.17, 15) is 9.59 Å². The van der Waals surface area contributed by atoms with Crippen molar-refractivity contribution in [1.82, 2.24) is 9.80 Å². The van der Waals surface area contributed by atoms with E-state index in [4.69, 9.17) is 13.9 Å². The highest BCUT2D eigenvalue weighted by molar-refractivity contribution is 5.88. The Balaban J connectivity index is 1.53. The van der Waals surface area contributed by atoms with Crippen molar-refractivity contribution in [1.29, 1.82) is 0 Å². The summed E-state index contributed by atoms with van der Waals surface area (Å²) in [7, 11) is 2.07. The lowest BCUT2D eigenvalue weighted by molar-refractivity contribution is -0.132. The van der Waals surface area contributed by atoms with E-state index in [1.807, 2.05) is 30.9 Å². The van der Waals surface area contributed by atoms with Crippen molar-refractivity contribution in [3.63, 3.8) is 0 Å². The molecule has 0 spiro atoms. The summed E-state index contributed by atoms with van der Waals surface area (Å²) in [4.78, 5) is 28.6. The minimum absolute atomic E-state index is 0.0516. The number of nitrogens with zero attached hydrogens (tertiary/aromatic N) is 2. The van der Waals surface area contributed by atoms with Crippen LogP contribution in [0, 0.1) is 6.92 Å². The summed E-state index contributed by atoms with van der Waals surface area (Å²) in [5, 5.41) is 0.763. The van der Waals surface area contributed by atoms with Crippen molar-refractivity contribution in [2.24, 2.45) is 0 Å². The first-order chi connectivity index (χ1) is 13.5. The molecule has 2 aromatic rings. The zero-order valence-electron chi connectivity index (χ0n) is 16.6. The molecule has 4 rings (SSSR count). The van der Waals surface area contributed by atoms with Gasteiger partial charge in [-0.25, -0.2) is 4.79 Å². The normalized spacial score (nSPS) is 22.5. The zero-order valence-corrected chi connectivity index (χ0v) is 16.6. The van der Waals surface area contributed by atoms with Crippen molar-refractivity contribution in [2.75, 3.05) is 39.9 Å². The summed E-state index contributed by atoms with van der Waals surface area (Å²) in [5.74, 6) is 0.519. The van der Waals surface area contributed by atoms with Crippen molar-refractivity contribution >= 4 is 16.9 Å². The van der Waals surface area contributed by atoms with Crippen LogP contribution in [0.15, 0.2) is 27.4 Å². The molecule has 0 bridgehead atoms. The van der Waals surface area contributed by atoms with E-state index in [0.29, 0.717) is 37.4 Å². The van der Waals surface area contributed by atoms with Gasteiger partial charge in [0.25, 0.3) is 5.91 Å². The summed E-state index contributed by atoms with van der Waals surface area (Å²) < 4.78 is 17.1. The van der Waals surface area contributed by atoms with Gasteiger partial charge in [-0.15, -0.1) is 0 Å². The Kier molecular flexibility index (Phi) is 5.12. The molecule has 0 unspecified atom stereocenters. The highest BCUT2D eigenvalue weighted by Gasteiger charge is 2.40. The number of likely N-dealkylation sites (N-methyl/N-ethyl adjacent to an activating group) is 1. The van der Waals surface area contributed by atoms with Gasteiger partial charge >= 0.3 is 5.63 Å². The average molecular weight is 386 g/mol. The molecule has 2 aliphatic heterocycles. The van der Waals surface area contributed by atoms with Gasteiger partial charge in [0, 0.05) is 25.7 Å². The highest BCUT2D eigenvalue weighted by atomic mass is 16.5. The molecular formula is C21H26N2O5. The van der Waals surface area contributed by atoms with Gasteiger partial charge in [-0.05, 0) is 43.7 Å². The number of likely N-dealkylation sites (tertiary alicyclic amines) is 1. The van der Waals surface area contributed by atoms with Gasteiger partial charge in [0.2, 0.25) is 0 Å². The summed E-state index contributed by atoms with van der Waals surface area (Å²) in [6, 6.07) is 5.45. The highest BCUT2D eigenvalue weighted by Crippen LogP contribution is 2.30. The summed E-state index contributed by atoms with van der Waals surface area (Å²) in [6.45, 7) is 6.69. The minimum atomic E-state index is -0.374. The predicted molar refractivity (Wildman–Crippen MR) is 105 cm³/mol. The second-order valence-electron chi connectivity index (χ2n) is 7.63. The van der Waals surface area contributed by atoms with E-state index in [0.717, 1.165) is 23.1 Å². The van der Waals surface area contributed by atoms with Crippen LogP contribution < -0.4 is 10.4 Å². The van der Waals surface area contributed by atoms with Gasteiger partial charge in [0.05, 0.1) is 24.1 Å². The van der Waals surface area contributed by atoms with Crippen LogP contribution in [0.1, 0.15) is 18.1 Å². The van der Waals surface area contributed by atoms with Crippen LogP contribution in [-0.2, 0) is 16.0 Å². The Bertz CT molecular complexity index is 954. The fourth-order valence-corrected chi connectivity index (χ4v) is 4.16. The summed E-state index contributed by atoms with van der Waals surface area (Å²) in [5.41, 5.74) is 1.89. The first-order valence-electron chi connectivity index (χ1n) is 9.76. The monoisotopic (exact) mass is 386 g/mol. The quantitative estimate of drug-likeness (QED) is 0.743. The molecule has 0 radical (unpaired) electrons. The first kappa shape index (κ1) is 19.0. The van der Waals surface area contributed by atoms with Crippen LogP contribution in [0.5, 0.6) is 5.75 Å². The second-order valence-corrected chi connectivity index (χ2v) is 7.63. The number of carbonyl (C=O) groups is 1. The largest absolute Gasteiger partial charge is 0.483 e. The van der Waals surface area contributed by atoms with E-state index < -0.39 is 0 Å². The molecule has 2 saturated heterocycles. The topological polar surface area (TPSA) is 72.2 Å². The van der Waals surface area contributed by atoms with Gasteiger partial charge in [0.15, 0.2) is 6.61 Å². The SMILES string of the molecule is CCc1cc(=O)oc2cc(C)cc(OCC(=O)N3C[C@@H]4OCCN(C)[C@H]4C3)c12. The van der Waals surface area contributed by atoms with E-state index in [-0.39, 0.29) is 30.3 Å². The van der Waals surface area contributed by atoms with E-state index in [1.54, 1.807) is 0 Å². The Morgan fingerprint density at radius 1 is 1.29 bits per heavy atom. The molecule has 7 nitrogen and oxygen atoms in total. The minimum Gasteiger partial charge on any atom is -0.483 e. The number of hydrogen-bond donors (Lipinski definition) is 0. The molecule has 1 aromatic heterocycles. The van der Waals surface area contributed by atoms with Crippen LogP contribution in [0.3, 0.4) is 0 Å². The van der Waals surface area contributed by atoms with Crippen LogP contribution in [0.2, 0.25) is 0 Å². The maximum atomic E-state index is 12.8. The predicted octanol–water partition coefficient (Wildman–Crippen LogP) is 1.58. The van der Waals surface area contributed by atoms with E-state index >= 15 is 0 Å². The molecular weight excluding hydrogens is 360 g/mol. The molecule has 0 N–H and O–H groups in total. The van der Waals surface area contributed by atoms with E-state index in [2.05, 4.69) is 11.9 Å². The lowest BCUT2D eigenvalue weighted by Gasteiger charge is -2.33. The molecule has 0 aliphatic carbocycles. The van der Waals surface area contributed by atoms with Crippen molar-refractivity contribution < 1.29 is 18.7 Å². The molecule has 1 aromatic carbocycles. The lowest BCUT2D eigenvalue weighted by Crippen LogP contribution is -2.48. The van der Waals surface area contributed by atoms with Gasteiger partial charge in [-0.1, -0.05) is 6.92 Å². The molecule has 2 atom stereocenters. The van der Waals surface area contributed by atoms with Crippen LogP contribution in [0.4, 0.5) is 0 Å². The third kappa shape index (κ3) is 3.52. The first-order valence-corrected chi connectivity index (χ1v) is 9.76. The van der Waals surface area contributed by atoms with Gasteiger partial charge < -0.3 is 18.8 Å². The fourth-order valence-electron chi connectivity index (χ4n) is 4.16. The third-order valence-corrected chi connectivity index (χ3v) is 5.70. The van der Waals surface area contributed by atoms with Crippen molar-refractivity contribution in [3.05, 3.63) is 39.7 Å². The standard InChI is InChI=1S/C21H26N2O5/c1-4-14-9-20(25)28-17-8-13(2)7-16(21(14)17)27-12-19(24)23-10-15-18(11-23)26-6-5-22(15)3/h7-9,15,18H,4-6,10-12H2,1-3H3/t15-,18-/m0/s1. The number of amides is 1. The number of benzene rings is 1. The van der Waals surface area contributed by atoms with Crippen LogP contribution >= 0.6 is 0 Å². The van der Waals surface area contributed by atoms with Gasteiger partial charge in [-0.2, -0.15) is 0 Å². The van der Waals surface area contributed by atoms with Crippen molar-refractivity contribution in [2.45, 2.75) is 32.4 Å². The number of aryl methyl sites for hydroxylation is 2.